The third kappa shape index (κ3) is 4.21. The fourth-order valence-corrected chi connectivity index (χ4v) is 6.05. The van der Waals surface area contributed by atoms with E-state index in [0.717, 1.165) is 27.5 Å². The SMILES string of the molecule is CC(C)c1ccc(S(=O)(=O)N2CCC(C(=O)Nc3ccc4oc5ccccc5c4c3)CC2)cc1. The van der Waals surface area contributed by atoms with Gasteiger partial charge in [0.25, 0.3) is 0 Å². The van der Waals surface area contributed by atoms with Crippen molar-refractivity contribution in [2.75, 3.05) is 18.4 Å². The first-order valence-electron chi connectivity index (χ1n) is 11.7. The predicted octanol–water partition coefficient (Wildman–Crippen LogP) is 5.75. The molecule has 1 aromatic heterocycles. The van der Waals surface area contributed by atoms with E-state index in [1.165, 1.54) is 4.31 Å². The second-order valence-electron chi connectivity index (χ2n) is 9.20. The zero-order valence-corrected chi connectivity index (χ0v) is 20.1. The Balaban J connectivity index is 1.25. The smallest absolute Gasteiger partial charge is 0.243 e. The van der Waals surface area contributed by atoms with Gasteiger partial charge in [-0.15, -0.1) is 0 Å². The summed E-state index contributed by atoms with van der Waals surface area (Å²) in [4.78, 5) is 13.2. The minimum atomic E-state index is -3.56. The van der Waals surface area contributed by atoms with E-state index in [4.69, 9.17) is 4.42 Å². The average molecular weight is 477 g/mol. The maximum absolute atomic E-state index is 13.1. The summed E-state index contributed by atoms with van der Waals surface area (Å²) in [7, 11) is -3.56. The molecule has 7 heteroatoms. The van der Waals surface area contributed by atoms with Crippen LogP contribution >= 0.6 is 0 Å². The highest BCUT2D eigenvalue weighted by Crippen LogP contribution is 2.31. The van der Waals surface area contributed by atoms with Gasteiger partial charge in [0, 0.05) is 35.5 Å². The van der Waals surface area contributed by atoms with Crippen LogP contribution in [0.4, 0.5) is 5.69 Å². The molecule has 1 amide bonds. The third-order valence-electron chi connectivity index (χ3n) is 6.65. The number of fused-ring (bicyclic) bond motifs is 3. The number of nitrogens with one attached hydrogen (secondary N) is 1. The summed E-state index contributed by atoms with van der Waals surface area (Å²) in [5.41, 5.74) is 3.41. The highest BCUT2D eigenvalue weighted by atomic mass is 32.2. The molecule has 0 atom stereocenters. The van der Waals surface area contributed by atoms with Crippen LogP contribution in [0.25, 0.3) is 21.9 Å². The standard InChI is InChI=1S/C27H28N2O4S/c1-18(2)19-7-10-22(11-8-19)34(31,32)29-15-13-20(14-16-29)27(30)28-21-9-12-26-24(17-21)23-5-3-4-6-25(23)33-26/h3-12,17-18,20H,13-16H2,1-2H3,(H,28,30). The molecule has 4 aromatic rings. The van der Waals surface area contributed by atoms with Gasteiger partial charge in [0.15, 0.2) is 0 Å². The monoisotopic (exact) mass is 476 g/mol. The molecule has 0 radical (unpaired) electrons. The lowest BCUT2D eigenvalue weighted by molar-refractivity contribution is -0.120. The molecule has 1 N–H and O–H groups in total. The molecule has 6 nitrogen and oxygen atoms in total. The number of benzene rings is 3. The first-order valence-corrected chi connectivity index (χ1v) is 13.1. The predicted molar refractivity (Wildman–Crippen MR) is 134 cm³/mol. The number of anilines is 1. The topological polar surface area (TPSA) is 79.6 Å². The molecule has 1 aliphatic heterocycles. The lowest BCUT2D eigenvalue weighted by Gasteiger charge is -2.30. The van der Waals surface area contributed by atoms with E-state index in [1.807, 2.05) is 54.6 Å². The zero-order chi connectivity index (χ0) is 23.9. The van der Waals surface area contributed by atoms with Gasteiger partial charge in [-0.3, -0.25) is 4.79 Å². The summed E-state index contributed by atoms with van der Waals surface area (Å²) >= 11 is 0. The van der Waals surface area contributed by atoms with Gasteiger partial charge >= 0.3 is 0 Å². The Bertz CT molecular complexity index is 1450. The number of piperidine rings is 1. The first kappa shape index (κ1) is 22.6. The maximum atomic E-state index is 13.1. The second kappa shape index (κ2) is 8.89. The summed E-state index contributed by atoms with van der Waals surface area (Å²) in [6, 6.07) is 20.6. The van der Waals surface area contributed by atoms with Crippen molar-refractivity contribution in [1.82, 2.24) is 4.31 Å². The van der Waals surface area contributed by atoms with Gasteiger partial charge in [0.05, 0.1) is 4.90 Å². The van der Waals surface area contributed by atoms with Crippen LogP contribution in [0.15, 0.2) is 76.0 Å². The largest absolute Gasteiger partial charge is 0.456 e. The van der Waals surface area contributed by atoms with E-state index in [1.54, 1.807) is 12.1 Å². The van der Waals surface area contributed by atoms with Crippen LogP contribution < -0.4 is 5.32 Å². The van der Waals surface area contributed by atoms with E-state index in [2.05, 4.69) is 19.2 Å². The van der Waals surface area contributed by atoms with Crippen LogP contribution in [0, 0.1) is 5.92 Å². The number of hydrogen-bond donors (Lipinski definition) is 1. The summed E-state index contributed by atoms with van der Waals surface area (Å²) in [5.74, 6) is 0.0380. The van der Waals surface area contributed by atoms with Gasteiger partial charge in [0.2, 0.25) is 15.9 Å². The lowest BCUT2D eigenvalue weighted by atomic mass is 9.97. The number of sulfonamides is 1. The van der Waals surface area contributed by atoms with Crippen LogP contribution in [-0.2, 0) is 14.8 Å². The van der Waals surface area contributed by atoms with Crippen molar-refractivity contribution in [2.24, 2.45) is 5.92 Å². The molecule has 5 rings (SSSR count). The van der Waals surface area contributed by atoms with Crippen molar-refractivity contribution in [2.45, 2.75) is 37.5 Å². The third-order valence-corrected chi connectivity index (χ3v) is 8.57. The Labute approximate surface area is 199 Å². The van der Waals surface area contributed by atoms with Gasteiger partial charge in [-0.1, -0.05) is 44.2 Å². The van der Waals surface area contributed by atoms with Crippen molar-refractivity contribution < 1.29 is 17.6 Å². The van der Waals surface area contributed by atoms with Gasteiger partial charge < -0.3 is 9.73 Å². The molecule has 0 unspecified atom stereocenters. The van der Waals surface area contributed by atoms with Gasteiger partial charge in [-0.25, -0.2) is 8.42 Å². The Morgan fingerprint density at radius 1 is 0.941 bits per heavy atom. The molecule has 34 heavy (non-hydrogen) atoms. The van der Waals surface area contributed by atoms with E-state index < -0.39 is 10.0 Å². The van der Waals surface area contributed by atoms with Crippen molar-refractivity contribution in [3.05, 3.63) is 72.3 Å². The summed E-state index contributed by atoms with van der Waals surface area (Å²) in [6.07, 6.45) is 0.984. The Kier molecular flexibility index (Phi) is 5.91. The van der Waals surface area contributed by atoms with Crippen molar-refractivity contribution in [1.29, 1.82) is 0 Å². The molecule has 0 bridgehead atoms. The first-order chi connectivity index (χ1) is 16.3. The fourth-order valence-electron chi connectivity index (χ4n) is 4.58. The van der Waals surface area contributed by atoms with Crippen molar-refractivity contribution in [3.8, 4) is 0 Å². The Morgan fingerprint density at radius 3 is 2.32 bits per heavy atom. The quantitative estimate of drug-likeness (QED) is 0.398. The molecule has 0 spiro atoms. The van der Waals surface area contributed by atoms with Crippen LogP contribution in [0.2, 0.25) is 0 Å². The molecule has 3 aromatic carbocycles. The molecule has 0 aliphatic carbocycles. The normalized spacial score (nSPS) is 15.9. The average Bonchev–Trinajstić information content (AvgIpc) is 3.22. The molecule has 176 valence electrons. The number of rotatable bonds is 5. The number of carbonyl (C=O) groups is 1. The van der Waals surface area contributed by atoms with E-state index in [-0.39, 0.29) is 11.8 Å². The van der Waals surface area contributed by atoms with E-state index >= 15 is 0 Å². The van der Waals surface area contributed by atoms with Gasteiger partial charge in [0.1, 0.15) is 11.2 Å². The number of carbonyl (C=O) groups excluding carboxylic acids is 1. The summed E-state index contributed by atoms with van der Waals surface area (Å²) in [6.45, 7) is 4.82. The van der Waals surface area contributed by atoms with Crippen LogP contribution in [0.3, 0.4) is 0 Å². The van der Waals surface area contributed by atoms with Gasteiger partial charge in [-0.2, -0.15) is 4.31 Å². The van der Waals surface area contributed by atoms with E-state index in [0.29, 0.717) is 42.4 Å². The highest BCUT2D eigenvalue weighted by molar-refractivity contribution is 7.89. The van der Waals surface area contributed by atoms with Crippen LogP contribution in [0.1, 0.15) is 38.2 Å². The second-order valence-corrected chi connectivity index (χ2v) is 11.1. The number of para-hydroxylation sites is 1. The lowest BCUT2D eigenvalue weighted by Crippen LogP contribution is -2.41. The molecular weight excluding hydrogens is 448 g/mol. The van der Waals surface area contributed by atoms with Crippen LogP contribution in [-0.4, -0.2) is 31.7 Å². The number of furan rings is 1. The molecule has 0 saturated carbocycles. The van der Waals surface area contributed by atoms with Crippen LogP contribution in [0.5, 0.6) is 0 Å². The molecule has 1 saturated heterocycles. The molecular formula is C27H28N2O4S. The van der Waals surface area contributed by atoms with Crippen molar-refractivity contribution >= 4 is 43.6 Å². The maximum Gasteiger partial charge on any atom is 0.243 e. The Morgan fingerprint density at radius 2 is 1.62 bits per heavy atom. The summed E-state index contributed by atoms with van der Waals surface area (Å²) < 4.78 is 33.5. The van der Waals surface area contributed by atoms with Crippen molar-refractivity contribution in [3.63, 3.8) is 0 Å². The number of amides is 1. The summed E-state index contributed by atoms with van der Waals surface area (Å²) in [5, 5.41) is 4.98. The minimum Gasteiger partial charge on any atom is -0.456 e. The number of nitrogens with zero attached hydrogens (tertiary/aromatic N) is 1. The van der Waals surface area contributed by atoms with E-state index in [9.17, 15) is 13.2 Å². The minimum absolute atomic E-state index is 0.0783. The Hall–Kier alpha value is -3.16. The zero-order valence-electron chi connectivity index (χ0n) is 19.3. The molecule has 1 fully saturated rings. The fraction of sp³-hybridized carbons (Fsp3) is 0.296. The highest BCUT2D eigenvalue weighted by Gasteiger charge is 2.32. The number of hydrogen-bond acceptors (Lipinski definition) is 4. The molecule has 2 heterocycles. The van der Waals surface area contributed by atoms with Gasteiger partial charge in [-0.05, 0) is 60.7 Å². The molecule has 1 aliphatic rings.